The zero-order valence-corrected chi connectivity index (χ0v) is 8.21. The summed E-state index contributed by atoms with van der Waals surface area (Å²) in [6.45, 7) is 2.20. The van der Waals surface area contributed by atoms with Crippen molar-refractivity contribution in [2.24, 2.45) is 0 Å². The highest BCUT2D eigenvalue weighted by Crippen LogP contribution is 2.01. The van der Waals surface area contributed by atoms with E-state index in [2.05, 4.69) is 9.72 Å². The molecule has 2 radical (unpaired) electrons. The summed E-state index contributed by atoms with van der Waals surface area (Å²) in [6, 6.07) is 1.67. The maximum atomic E-state index is 8.95. The van der Waals surface area contributed by atoms with Crippen LogP contribution in [0.4, 0.5) is 0 Å². The number of carbonyl (C=O) groups is 1. The number of carbonyl (C=O) groups excluding carboxylic acids is 1. The van der Waals surface area contributed by atoms with Crippen LogP contribution < -0.4 is 5.46 Å². The van der Waals surface area contributed by atoms with Crippen LogP contribution in [0.5, 0.6) is 0 Å². The molecule has 3 nitrogen and oxygen atoms in total. The van der Waals surface area contributed by atoms with Gasteiger partial charge in [-0.05, 0) is 13.0 Å². The molecule has 0 N–H and O–H groups in total. The summed E-state index contributed by atoms with van der Waals surface area (Å²) in [5.41, 5.74) is 1.35. The standard InChI is InChI=1S/C6H5BClN.C2H4O2/c1-4-6(7)5(8)2-3-9-4;1-4-2-3/h2-3H,1H3;2H,1H3. The SMILES string of the molecule is COC=O.[B]c1c(Cl)ccnc1C. The second-order valence-electron chi connectivity index (χ2n) is 2.12. The number of nitrogens with zero attached hydrogens (tertiary/aromatic N) is 1. The lowest BCUT2D eigenvalue weighted by Gasteiger charge is -1.98. The molecule has 0 unspecified atom stereocenters. The van der Waals surface area contributed by atoms with Crippen molar-refractivity contribution in [1.29, 1.82) is 0 Å². The van der Waals surface area contributed by atoms with Gasteiger partial charge in [0.05, 0.1) is 7.11 Å². The van der Waals surface area contributed by atoms with E-state index >= 15 is 0 Å². The molecule has 0 saturated heterocycles. The molecule has 0 atom stereocenters. The molecule has 0 aliphatic heterocycles. The molecule has 0 aliphatic carbocycles. The minimum atomic E-state index is 0.375. The van der Waals surface area contributed by atoms with E-state index in [9.17, 15) is 0 Å². The number of hydrogen-bond acceptors (Lipinski definition) is 3. The fraction of sp³-hybridized carbons (Fsp3) is 0.250. The monoisotopic (exact) mass is 197 g/mol. The fourth-order valence-electron chi connectivity index (χ4n) is 0.547. The summed E-state index contributed by atoms with van der Waals surface area (Å²) >= 11 is 5.65. The van der Waals surface area contributed by atoms with Gasteiger partial charge in [-0.2, -0.15) is 0 Å². The zero-order valence-electron chi connectivity index (χ0n) is 7.45. The van der Waals surface area contributed by atoms with E-state index in [0.29, 0.717) is 17.0 Å². The smallest absolute Gasteiger partial charge is 0.292 e. The van der Waals surface area contributed by atoms with Gasteiger partial charge < -0.3 is 4.74 Å². The molecule has 1 heterocycles. The van der Waals surface area contributed by atoms with Crippen molar-refractivity contribution in [1.82, 2.24) is 4.98 Å². The quantitative estimate of drug-likeness (QED) is 0.490. The molecule has 1 aromatic heterocycles. The molecule has 68 valence electrons. The Hall–Kier alpha value is -1.03. The van der Waals surface area contributed by atoms with Gasteiger partial charge in [-0.15, -0.1) is 0 Å². The van der Waals surface area contributed by atoms with Crippen molar-refractivity contribution in [3.63, 3.8) is 0 Å². The van der Waals surface area contributed by atoms with Crippen LogP contribution in [0.25, 0.3) is 0 Å². The van der Waals surface area contributed by atoms with Crippen LogP contribution in [0.1, 0.15) is 5.69 Å². The van der Waals surface area contributed by atoms with Gasteiger partial charge in [-0.3, -0.25) is 9.78 Å². The summed E-state index contributed by atoms with van der Waals surface area (Å²) in [5.74, 6) is 0. The maximum Gasteiger partial charge on any atom is 0.292 e. The van der Waals surface area contributed by atoms with Crippen LogP contribution in [0, 0.1) is 6.92 Å². The van der Waals surface area contributed by atoms with Crippen molar-refractivity contribution >= 4 is 31.4 Å². The number of aryl methyl sites for hydroxylation is 1. The molecule has 1 rings (SSSR count). The van der Waals surface area contributed by atoms with Crippen LogP contribution in [-0.2, 0) is 9.53 Å². The van der Waals surface area contributed by atoms with Gasteiger partial charge in [0.15, 0.2) is 0 Å². The van der Waals surface area contributed by atoms with Gasteiger partial charge in [0, 0.05) is 16.9 Å². The molecule has 1 aromatic rings. The molecule has 0 amide bonds. The number of pyridine rings is 1. The average Bonchev–Trinajstić information content (AvgIpc) is 2.14. The summed E-state index contributed by atoms with van der Waals surface area (Å²) in [7, 11) is 6.80. The van der Waals surface area contributed by atoms with Gasteiger partial charge >= 0.3 is 0 Å². The van der Waals surface area contributed by atoms with Gasteiger partial charge in [0.1, 0.15) is 7.85 Å². The van der Waals surface area contributed by atoms with Crippen LogP contribution in [0.15, 0.2) is 12.3 Å². The maximum absolute atomic E-state index is 8.95. The van der Waals surface area contributed by atoms with Gasteiger partial charge in [-0.25, -0.2) is 0 Å². The third kappa shape index (κ3) is 4.53. The number of halogens is 1. The number of rotatable bonds is 1. The van der Waals surface area contributed by atoms with Gasteiger partial charge in [0.2, 0.25) is 0 Å². The highest BCUT2D eigenvalue weighted by molar-refractivity contribution is 6.45. The van der Waals surface area contributed by atoms with E-state index in [1.807, 2.05) is 6.92 Å². The van der Waals surface area contributed by atoms with Crippen molar-refractivity contribution in [2.75, 3.05) is 7.11 Å². The Balaban J connectivity index is 0.000000310. The number of hydrogen-bond donors (Lipinski definition) is 0. The molecular formula is C8H9BClNO2. The van der Waals surface area contributed by atoms with Crippen LogP contribution in [-0.4, -0.2) is 26.4 Å². The van der Waals surface area contributed by atoms with Crippen molar-refractivity contribution < 1.29 is 9.53 Å². The number of methoxy groups -OCH3 is 1. The first-order valence-electron chi connectivity index (χ1n) is 3.46. The minimum Gasteiger partial charge on any atom is -0.471 e. The summed E-state index contributed by atoms with van der Waals surface area (Å²) in [6.07, 6.45) is 1.63. The van der Waals surface area contributed by atoms with E-state index in [4.69, 9.17) is 24.2 Å². The Kier molecular flexibility index (Phi) is 5.98. The first-order chi connectivity index (χ1) is 6.13. The lowest BCUT2D eigenvalue weighted by molar-refractivity contribution is -0.126. The lowest BCUT2D eigenvalue weighted by Crippen LogP contribution is -2.09. The van der Waals surface area contributed by atoms with Crippen molar-refractivity contribution in [3.8, 4) is 0 Å². The summed E-state index contributed by atoms with van der Waals surface area (Å²) in [5, 5.41) is 0.572. The Morgan fingerprint density at radius 2 is 2.23 bits per heavy atom. The van der Waals surface area contributed by atoms with Crippen molar-refractivity contribution in [2.45, 2.75) is 6.92 Å². The van der Waals surface area contributed by atoms with E-state index in [0.717, 1.165) is 5.69 Å². The topological polar surface area (TPSA) is 39.2 Å². The summed E-state index contributed by atoms with van der Waals surface area (Å²) < 4.78 is 3.86. The Morgan fingerprint density at radius 3 is 2.54 bits per heavy atom. The molecule has 0 fully saturated rings. The molecule has 5 heteroatoms. The third-order valence-electron chi connectivity index (χ3n) is 1.23. The average molecular weight is 197 g/mol. The fourth-order valence-corrected chi connectivity index (χ4v) is 0.740. The molecule has 13 heavy (non-hydrogen) atoms. The first-order valence-corrected chi connectivity index (χ1v) is 3.84. The summed E-state index contributed by atoms with van der Waals surface area (Å²) in [4.78, 5) is 12.9. The number of aromatic nitrogens is 1. The minimum absolute atomic E-state index is 0.375. The molecule has 0 bridgehead atoms. The van der Waals surface area contributed by atoms with Gasteiger partial charge in [0.25, 0.3) is 6.47 Å². The van der Waals surface area contributed by atoms with Crippen LogP contribution in [0.3, 0.4) is 0 Å². The van der Waals surface area contributed by atoms with E-state index in [1.165, 1.54) is 7.11 Å². The second kappa shape index (κ2) is 6.49. The Labute approximate surface area is 83.5 Å². The number of ether oxygens (including phenoxy) is 1. The molecule has 0 aliphatic rings. The lowest BCUT2D eigenvalue weighted by atomic mass is 9.95. The van der Waals surface area contributed by atoms with E-state index in [-0.39, 0.29) is 0 Å². The highest BCUT2D eigenvalue weighted by Gasteiger charge is 1.94. The first kappa shape index (κ1) is 12.0. The molecule has 0 aromatic carbocycles. The van der Waals surface area contributed by atoms with Crippen molar-refractivity contribution in [3.05, 3.63) is 23.0 Å². The second-order valence-corrected chi connectivity index (χ2v) is 2.53. The Morgan fingerprint density at radius 1 is 1.69 bits per heavy atom. The highest BCUT2D eigenvalue weighted by atomic mass is 35.5. The third-order valence-corrected chi connectivity index (χ3v) is 1.56. The normalized spacial score (nSPS) is 8.23. The zero-order chi connectivity index (χ0) is 10.3. The van der Waals surface area contributed by atoms with E-state index in [1.54, 1.807) is 12.3 Å². The van der Waals surface area contributed by atoms with Crippen LogP contribution in [0.2, 0.25) is 5.02 Å². The predicted molar refractivity (Wildman–Crippen MR) is 52.4 cm³/mol. The molecule has 0 spiro atoms. The predicted octanol–water partition coefficient (Wildman–Crippen LogP) is 0.626. The molecular weight excluding hydrogens is 188 g/mol. The largest absolute Gasteiger partial charge is 0.471 e. The van der Waals surface area contributed by atoms with Crippen LogP contribution >= 0.6 is 11.6 Å². The Bertz CT molecular complexity index is 261. The van der Waals surface area contributed by atoms with E-state index < -0.39 is 0 Å². The van der Waals surface area contributed by atoms with Gasteiger partial charge in [-0.1, -0.05) is 17.1 Å². The molecule has 0 saturated carbocycles.